The molecule has 14 heavy (non-hydrogen) atoms. The second-order valence-electron chi connectivity index (χ2n) is 2.42. The van der Waals surface area contributed by atoms with Gasteiger partial charge in [-0.05, 0) is 11.6 Å². The molecule has 0 spiro atoms. The summed E-state index contributed by atoms with van der Waals surface area (Å²) in [5, 5.41) is 0.231. The van der Waals surface area contributed by atoms with Gasteiger partial charge in [-0.25, -0.2) is 4.98 Å². The highest BCUT2D eigenvalue weighted by Gasteiger charge is 2.07. The van der Waals surface area contributed by atoms with Gasteiger partial charge in [0.1, 0.15) is 0 Å². The summed E-state index contributed by atoms with van der Waals surface area (Å²) in [6.45, 7) is 0. The van der Waals surface area contributed by atoms with Gasteiger partial charge in [0.2, 0.25) is 23.1 Å². The van der Waals surface area contributed by atoms with Crippen LogP contribution in [0.3, 0.4) is 0 Å². The lowest BCUT2D eigenvalue weighted by Gasteiger charge is -2.02. The van der Waals surface area contributed by atoms with E-state index in [0.29, 0.717) is 0 Å². The summed E-state index contributed by atoms with van der Waals surface area (Å²) in [5.74, 6) is 0.326. The molecule has 0 aliphatic heterocycles. The molecule has 0 atom stereocenters. The molecule has 0 saturated carbocycles. The first-order valence-corrected chi connectivity index (χ1v) is 4.01. The molecule has 7 nitrogen and oxygen atoms in total. The Balaban J connectivity index is 2.57. The summed E-state index contributed by atoms with van der Waals surface area (Å²) in [5.41, 5.74) is 10.8. The molecule has 2 aromatic rings. The van der Waals surface area contributed by atoms with Gasteiger partial charge in [-0.1, -0.05) is 0 Å². The largest absolute Gasteiger partial charge is 0.368 e. The van der Waals surface area contributed by atoms with Crippen molar-refractivity contribution in [1.29, 1.82) is 0 Å². The van der Waals surface area contributed by atoms with E-state index in [1.807, 2.05) is 0 Å². The second kappa shape index (κ2) is 3.11. The summed E-state index contributed by atoms with van der Waals surface area (Å²) in [4.78, 5) is 15.1. The van der Waals surface area contributed by atoms with E-state index in [-0.39, 0.29) is 23.1 Å². The lowest BCUT2D eigenvalue weighted by atomic mass is 10.8. The van der Waals surface area contributed by atoms with Crippen LogP contribution in [-0.2, 0) is 0 Å². The van der Waals surface area contributed by atoms with Gasteiger partial charge < -0.3 is 11.5 Å². The van der Waals surface area contributed by atoms with Gasteiger partial charge in [0.15, 0.2) is 0 Å². The summed E-state index contributed by atoms with van der Waals surface area (Å²) in [6.07, 6.45) is 3.11. The third-order valence-electron chi connectivity index (χ3n) is 1.47. The average Bonchev–Trinajstić information content (AvgIpc) is 2.49. The van der Waals surface area contributed by atoms with Crippen molar-refractivity contribution in [2.45, 2.75) is 0 Å². The minimum atomic E-state index is 0.0391. The molecule has 0 aliphatic rings. The number of anilines is 2. The van der Waals surface area contributed by atoms with Crippen LogP contribution in [0.1, 0.15) is 0 Å². The van der Waals surface area contributed by atoms with E-state index in [1.165, 1.54) is 10.8 Å². The molecule has 0 radical (unpaired) electrons. The first-order valence-electron chi connectivity index (χ1n) is 3.63. The monoisotopic (exact) mass is 211 g/mol. The Bertz CT molecular complexity index is 445. The fraction of sp³-hybridized carbons (Fsp3) is 0. The zero-order valence-corrected chi connectivity index (χ0v) is 7.68. The van der Waals surface area contributed by atoms with E-state index in [9.17, 15) is 0 Å². The van der Waals surface area contributed by atoms with Crippen LogP contribution < -0.4 is 11.5 Å². The van der Waals surface area contributed by atoms with Crippen molar-refractivity contribution in [3.8, 4) is 5.95 Å². The Hall–Kier alpha value is -1.89. The van der Waals surface area contributed by atoms with Gasteiger partial charge in [0.05, 0.1) is 0 Å². The molecule has 2 rings (SSSR count). The van der Waals surface area contributed by atoms with Gasteiger partial charge in [-0.2, -0.15) is 15.0 Å². The molecule has 0 fully saturated rings. The zero-order valence-electron chi connectivity index (χ0n) is 6.92. The van der Waals surface area contributed by atoms with Crippen LogP contribution in [0.2, 0.25) is 5.28 Å². The topological polar surface area (TPSA) is 109 Å². The van der Waals surface area contributed by atoms with Gasteiger partial charge in [-0.3, -0.25) is 4.57 Å². The molecule has 0 saturated heterocycles. The normalized spacial score (nSPS) is 10.4. The third-order valence-corrected chi connectivity index (χ3v) is 1.75. The summed E-state index contributed by atoms with van der Waals surface area (Å²) in [7, 11) is 0. The maximum Gasteiger partial charge on any atom is 0.242 e. The van der Waals surface area contributed by atoms with Crippen molar-refractivity contribution in [2.75, 3.05) is 11.5 Å². The lowest BCUT2D eigenvalue weighted by molar-refractivity contribution is 0.909. The molecule has 2 aromatic heterocycles. The van der Waals surface area contributed by atoms with Crippen molar-refractivity contribution in [3.05, 3.63) is 17.7 Å². The van der Waals surface area contributed by atoms with Crippen LogP contribution in [0.5, 0.6) is 0 Å². The van der Waals surface area contributed by atoms with Crippen LogP contribution in [0.4, 0.5) is 11.9 Å². The summed E-state index contributed by atoms with van der Waals surface area (Å²) < 4.78 is 1.44. The fourth-order valence-electron chi connectivity index (χ4n) is 0.939. The van der Waals surface area contributed by atoms with E-state index in [2.05, 4.69) is 19.9 Å². The van der Waals surface area contributed by atoms with Crippen LogP contribution >= 0.6 is 11.6 Å². The first-order chi connectivity index (χ1) is 6.66. The number of rotatable bonds is 1. The average molecular weight is 212 g/mol. The van der Waals surface area contributed by atoms with E-state index < -0.39 is 0 Å². The smallest absolute Gasteiger partial charge is 0.242 e. The molecule has 0 aromatic carbocycles. The van der Waals surface area contributed by atoms with Crippen molar-refractivity contribution in [3.63, 3.8) is 0 Å². The molecule has 8 heteroatoms. The summed E-state index contributed by atoms with van der Waals surface area (Å²) in [6, 6.07) is 0. The van der Waals surface area contributed by atoms with Gasteiger partial charge in [0.25, 0.3) is 0 Å². The Morgan fingerprint density at radius 3 is 2.29 bits per heavy atom. The minimum Gasteiger partial charge on any atom is -0.368 e. The van der Waals surface area contributed by atoms with Gasteiger partial charge in [-0.15, -0.1) is 0 Å². The van der Waals surface area contributed by atoms with E-state index in [4.69, 9.17) is 23.1 Å². The molecular formula is C6H6ClN7. The number of halogens is 1. The molecule has 2 heterocycles. The number of nitrogens with zero attached hydrogens (tertiary/aromatic N) is 5. The third kappa shape index (κ3) is 1.44. The molecule has 0 amide bonds. The number of imidazole rings is 1. The van der Waals surface area contributed by atoms with Gasteiger partial charge in [0, 0.05) is 12.4 Å². The molecule has 0 unspecified atom stereocenters. The Morgan fingerprint density at radius 1 is 1.14 bits per heavy atom. The fourth-order valence-corrected chi connectivity index (χ4v) is 1.13. The van der Waals surface area contributed by atoms with Crippen molar-refractivity contribution < 1.29 is 0 Å². The van der Waals surface area contributed by atoms with E-state index >= 15 is 0 Å². The number of aromatic nitrogens is 5. The maximum atomic E-state index is 5.75. The standard InChI is InChI=1S/C6H6ClN7/c7-3-10-1-2-14(3)6-12-4(8)11-5(9)13-6/h1-2H,(H4,8,9,11,12,13). The Kier molecular flexibility index (Phi) is 1.93. The molecule has 0 bridgehead atoms. The molecule has 4 N–H and O–H groups in total. The van der Waals surface area contributed by atoms with Crippen molar-refractivity contribution >= 4 is 23.5 Å². The van der Waals surface area contributed by atoms with E-state index in [1.54, 1.807) is 6.20 Å². The maximum absolute atomic E-state index is 5.75. The minimum absolute atomic E-state index is 0.0391. The zero-order chi connectivity index (χ0) is 10.1. The van der Waals surface area contributed by atoms with Gasteiger partial charge >= 0.3 is 0 Å². The van der Waals surface area contributed by atoms with Crippen LogP contribution in [0.25, 0.3) is 5.95 Å². The Labute approximate surface area is 83.8 Å². The lowest BCUT2D eigenvalue weighted by Crippen LogP contribution is -2.08. The van der Waals surface area contributed by atoms with Crippen molar-refractivity contribution in [1.82, 2.24) is 24.5 Å². The quantitative estimate of drug-likeness (QED) is 0.681. The van der Waals surface area contributed by atoms with Crippen molar-refractivity contribution in [2.24, 2.45) is 0 Å². The second-order valence-corrected chi connectivity index (χ2v) is 2.76. The Morgan fingerprint density at radius 2 is 1.79 bits per heavy atom. The molecular weight excluding hydrogens is 206 g/mol. The SMILES string of the molecule is Nc1nc(N)nc(-n2ccnc2Cl)n1. The number of hydrogen-bond acceptors (Lipinski definition) is 6. The first kappa shape index (κ1) is 8.70. The van der Waals surface area contributed by atoms with E-state index in [0.717, 1.165) is 0 Å². The number of nitrogen functional groups attached to an aromatic ring is 2. The highest BCUT2D eigenvalue weighted by Crippen LogP contribution is 2.11. The van der Waals surface area contributed by atoms with Crippen LogP contribution in [0.15, 0.2) is 12.4 Å². The molecule has 72 valence electrons. The predicted molar refractivity (Wildman–Crippen MR) is 50.8 cm³/mol. The summed E-state index contributed by atoms with van der Waals surface area (Å²) >= 11 is 5.75. The number of hydrogen-bond donors (Lipinski definition) is 2. The highest BCUT2D eigenvalue weighted by atomic mass is 35.5. The van der Waals surface area contributed by atoms with Crippen LogP contribution in [0, 0.1) is 0 Å². The molecule has 0 aliphatic carbocycles. The van der Waals surface area contributed by atoms with Crippen LogP contribution in [-0.4, -0.2) is 24.5 Å². The highest BCUT2D eigenvalue weighted by molar-refractivity contribution is 6.28. The predicted octanol–water partition coefficient (Wildman–Crippen LogP) is -0.125. The number of nitrogens with two attached hydrogens (primary N) is 2.